The Labute approximate surface area is 216 Å². The molecule has 0 bridgehead atoms. The van der Waals surface area contributed by atoms with Crippen molar-refractivity contribution in [3.8, 4) is 17.2 Å². The van der Waals surface area contributed by atoms with Gasteiger partial charge in [-0.3, -0.25) is 9.78 Å². The van der Waals surface area contributed by atoms with Gasteiger partial charge in [-0.1, -0.05) is 36.4 Å². The molecule has 0 radical (unpaired) electrons. The molecule has 3 aromatic carbocycles. The zero-order valence-corrected chi connectivity index (χ0v) is 20.4. The van der Waals surface area contributed by atoms with Crippen LogP contribution in [0.1, 0.15) is 16.1 Å². The number of fused-ring (bicyclic) bond motifs is 1. The van der Waals surface area contributed by atoms with Crippen LogP contribution in [0.5, 0.6) is 17.2 Å². The number of nitrogens with zero attached hydrogens (tertiary/aromatic N) is 3. The molecule has 0 unspecified atom stereocenters. The molecule has 37 heavy (non-hydrogen) atoms. The van der Waals surface area contributed by atoms with Gasteiger partial charge in [0.15, 0.2) is 0 Å². The average Bonchev–Trinajstić information content (AvgIpc) is 3.42. The lowest BCUT2D eigenvalue weighted by atomic mass is 10.1. The number of rotatable bonds is 9. The van der Waals surface area contributed by atoms with Crippen LogP contribution in [-0.4, -0.2) is 15.8 Å². The minimum absolute atomic E-state index is 0.0238. The third-order valence-corrected chi connectivity index (χ3v) is 6.39. The van der Waals surface area contributed by atoms with E-state index in [1.54, 1.807) is 48.1 Å². The van der Waals surface area contributed by atoms with E-state index in [0.29, 0.717) is 45.3 Å². The second-order valence-electron chi connectivity index (χ2n) is 8.21. The molecule has 0 saturated carbocycles. The van der Waals surface area contributed by atoms with Crippen LogP contribution in [0.2, 0.25) is 0 Å². The Hall–Kier alpha value is -4.61. The highest BCUT2D eigenvalue weighted by atomic mass is 32.1. The first-order chi connectivity index (χ1) is 18.1. The molecule has 0 saturated heterocycles. The molecule has 5 aromatic rings. The van der Waals surface area contributed by atoms with E-state index >= 15 is 0 Å². The molecule has 6 nitrogen and oxygen atoms in total. The standard InChI is InChI=1S/C29H20FN3O3S/c1-31-26-16-23-25(17-28(26)35-18-19-5-3-2-4-6-19)32-10-9-27(23)36-22-8-7-20(24(30)15-22)13-21(34)14-29-33-11-12-37-29/h2-12,15-17H,13-14,18H2. The van der Waals surface area contributed by atoms with Crippen LogP contribution < -0.4 is 9.47 Å². The Balaban J connectivity index is 1.34. The molecule has 0 aliphatic rings. The van der Waals surface area contributed by atoms with Gasteiger partial charge in [0, 0.05) is 35.6 Å². The van der Waals surface area contributed by atoms with E-state index in [0.717, 1.165) is 5.56 Å². The molecule has 182 valence electrons. The summed E-state index contributed by atoms with van der Waals surface area (Å²) in [6.07, 6.45) is 3.38. The number of hydrogen-bond acceptors (Lipinski definition) is 6. The largest absolute Gasteiger partial charge is 0.500 e. The number of benzene rings is 3. The number of hydrogen-bond donors (Lipinski definition) is 0. The summed E-state index contributed by atoms with van der Waals surface area (Å²) in [5.74, 6) is 0.488. The molecule has 0 spiro atoms. The minimum Gasteiger partial charge on any atom is -0.500 e. The van der Waals surface area contributed by atoms with Gasteiger partial charge in [0.25, 0.3) is 0 Å². The zero-order valence-electron chi connectivity index (χ0n) is 19.6. The lowest BCUT2D eigenvalue weighted by Gasteiger charge is -2.13. The van der Waals surface area contributed by atoms with Crippen LogP contribution in [-0.2, 0) is 24.2 Å². The number of Topliss-reactive ketones (excluding diaryl/α,β-unsaturated/α-hetero) is 1. The second kappa shape index (κ2) is 11.0. The summed E-state index contributed by atoms with van der Waals surface area (Å²) >= 11 is 1.40. The van der Waals surface area contributed by atoms with Gasteiger partial charge in [-0.15, -0.1) is 11.3 Å². The predicted molar refractivity (Wildman–Crippen MR) is 140 cm³/mol. The summed E-state index contributed by atoms with van der Waals surface area (Å²) in [5.41, 5.74) is 2.18. The molecule has 0 amide bonds. The number of ketones is 1. The second-order valence-corrected chi connectivity index (χ2v) is 9.18. The summed E-state index contributed by atoms with van der Waals surface area (Å²) < 4.78 is 26.7. The first kappa shape index (κ1) is 24.1. The van der Waals surface area contributed by atoms with E-state index in [-0.39, 0.29) is 24.4 Å². The molecular weight excluding hydrogens is 489 g/mol. The molecule has 0 aliphatic carbocycles. The number of aromatic nitrogens is 2. The quantitative estimate of drug-likeness (QED) is 0.198. The lowest BCUT2D eigenvalue weighted by molar-refractivity contribution is -0.117. The molecule has 8 heteroatoms. The fourth-order valence-corrected chi connectivity index (χ4v) is 4.45. The van der Waals surface area contributed by atoms with Gasteiger partial charge in [-0.05, 0) is 35.4 Å². The summed E-state index contributed by atoms with van der Waals surface area (Å²) in [4.78, 5) is 24.4. The minimum atomic E-state index is -0.526. The van der Waals surface area contributed by atoms with Crippen LogP contribution in [0.25, 0.3) is 15.7 Å². The van der Waals surface area contributed by atoms with Gasteiger partial charge >= 0.3 is 0 Å². The molecule has 0 N–H and O–H groups in total. The van der Waals surface area contributed by atoms with Crippen molar-refractivity contribution in [2.45, 2.75) is 19.4 Å². The van der Waals surface area contributed by atoms with E-state index in [4.69, 9.17) is 16.0 Å². The van der Waals surface area contributed by atoms with Crippen LogP contribution in [0.3, 0.4) is 0 Å². The molecule has 2 heterocycles. The maximum Gasteiger partial charge on any atom is 0.229 e. The maximum atomic E-state index is 14.8. The highest BCUT2D eigenvalue weighted by Gasteiger charge is 2.14. The Kier molecular flexibility index (Phi) is 7.15. The molecule has 5 rings (SSSR count). The van der Waals surface area contributed by atoms with Gasteiger partial charge < -0.3 is 9.47 Å². The third-order valence-electron chi connectivity index (χ3n) is 5.61. The SMILES string of the molecule is [C-]#[N+]c1cc2c(Oc3ccc(CC(=O)Cc4nccs4)c(F)c3)ccnc2cc1OCc1ccccc1. The molecule has 0 fully saturated rings. The topological polar surface area (TPSA) is 65.7 Å². The smallest absolute Gasteiger partial charge is 0.229 e. The molecule has 0 aliphatic heterocycles. The number of pyridine rings is 1. The van der Waals surface area contributed by atoms with Crippen LogP contribution in [0.4, 0.5) is 10.1 Å². The van der Waals surface area contributed by atoms with Crippen LogP contribution >= 0.6 is 11.3 Å². The fraction of sp³-hybridized carbons (Fsp3) is 0.103. The maximum absolute atomic E-state index is 14.8. The van der Waals surface area contributed by atoms with Crippen molar-refractivity contribution in [1.29, 1.82) is 0 Å². The van der Waals surface area contributed by atoms with E-state index < -0.39 is 5.82 Å². The average molecular weight is 510 g/mol. The Morgan fingerprint density at radius 1 is 0.973 bits per heavy atom. The monoisotopic (exact) mass is 509 g/mol. The summed E-state index contributed by atoms with van der Waals surface area (Å²) in [7, 11) is 0. The molecule has 2 aromatic heterocycles. The van der Waals surface area contributed by atoms with Gasteiger partial charge in [0.2, 0.25) is 5.69 Å². The molecular formula is C29H20FN3O3S. The van der Waals surface area contributed by atoms with Crippen molar-refractivity contribution in [1.82, 2.24) is 9.97 Å². The zero-order chi connectivity index (χ0) is 25.6. The highest BCUT2D eigenvalue weighted by molar-refractivity contribution is 7.09. The summed E-state index contributed by atoms with van der Waals surface area (Å²) in [6.45, 7) is 7.93. The Morgan fingerprint density at radius 2 is 1.84 bits per heavy atom. The Morgan fingerprint density at radius 3 is 2.59 bits per heavy atom. The van der Waals surface area contributed by atoms with Gasteiger partial charge in [0.05, 0.1) is 23.5 Å². The van der Waals surface area contributed by atoms with Crippen molar-refractivity contribution in [3.05, 3.63) is 118 Å². The van der Waals surface area contributed by atoms with Crippen molar-refractivity contribution >= 4 is 33.7 Å². The number of carbonyl (C=O) groups is 1. The normalized spacial score (nSPS) is 10.7. The number of halogens is 1. The summed E-state index contributed by atoms with van der Waals surface area (Å²) in [6, 6.07) is 19.1. The number of thiazole rings is 1. The van der Waals surface area contributed by atoms with Crippen molar-refractivity contribution < 1.29 is 18.7 Å². The Bertz CT molecular complexity index is 1600. The van der Waals surface area contributed by atoms with E-state index in [1.165, 1.54) is 17.4 Å². The lowest BCUT2D eigenvalue weighted by Crippen LogP contribution is -2.07. The van der Waals surface area contributed by atoms with Crippen LogP contribution in [0.15, 0.2) is 84.5 Å². The van der Waals surface area contributed by atoms with Crippen molar-refractivity contribution in [3.63, 3.8) is 0 Å². The fourth-order valence-electron chi connectivity index (χ4n) is 3.81. The van der Waals surface area contributed by atoms with Gasteiger partial charge in [-0.25, -0.2) is 14.2 Å². The van der Waals surface area contributed by atoms with E-state index in [9.17, 15) is 9.18 Å². The first-order valence-corrected chi connectivity index (χ1v) is 12.3. The van der Waals surface area contributed by atoms with Gasteiger partial charge in [-0.2, -0.15) is 0 Å². The third kappa shape index (κ3) is 5.80. The highest BCUT2D eigenvalue weighted by Crippen LogP contribution is 2.38. The summed E-state index contributed by atoms with van der Waals surface area (Å²) in [5, 5.41) is 3.11. The van der Waals surface area contributed by atoms with E-state index in [2.05, 4.69) is 14.8 Å². The van der Waals surface area contributed by atoms with Gasteiger partial charge in [0.1, 0.15) is 35.5 Å². The van der Waals surface area contributed by atoms with Crippen molar-refractivity contribution in [2.24, 2.45) is 0 Å². The predicted octanol–water partition coefficient (Wildman–Crippen LogP) is 7.11. The van der Waals surface area contributed by atoms with E-state index in [1.807, 2.05) is 30.3 Å². The first-order valence-electron chi connectivity index (χ1n) is 11.4. The number of carbonyl (C=O) groups excluding carboxylic acids is 1. The number of ether oxygens (including phenoxy) is 2. The van der Waals surface area contributed by atoms with Crippen molar-refractivity contribution in [2.75, 3.05) is 0 Å². The molecule has 0 atom stereocenters. The van der Waals surface area contributed by atoms with Crippen LogP contribution in [0, 0.1) is 12.4 Å².